The summed E-state index contributed by atoms with van der Waals surface area (Å²) in [5, 5.41) is 0.298. The summed E-state index contributed by atoms with van der Waals surface area (Å²) in [4.78, 5) is 27.1. The van der Waals surface area contributed by atoms with E-state index in [2.05, 4.69) is 0 Å². The Morgan fingerprint density at radius 1 is 1.52 bits per heavy atom. The Morgan fingerprint density at radius 3 is 2.78 bits per heavy atom. The second-order valence-electron chi connectivity index (χ2n) is 5.95. The monoisotopic (exact) mass is 341 g/mol. The minimum atomic E-state index is -0.431. The van der Waals surface area contributed by atoms with Gasteiger partial charge in [-0.1, -0.05) is 17.7 Å². The zero-order valence-electron chi connectivity index (χ0n) is 13.3. The molecule has 1 aromatic carbocycles. The normalized spacial score (nSPS) is 19.6. The number of hydrogen-bond acceptors (Lipinski definition) is 3. The molecule has 2 N–H and O–H groups in total. The van der Waals surface area contributed by atoms with Gasteiger partial charge in [-0.05, 0) is 32.0 Å². The van der Waals surface area contributed by atoms with E-state index in [1.165, 1.54) is 17.0 Å². The summed E-state index contributed by atoms with van der Waals surface area (Å²) in [6, 6.07) is 4.05. The molecule has 1 heterocycles. The Labute approximate surface area is 140 Å². The molecule has 2 amide bonds. The van der Waals surface area contributed by atoms with Crippen LogP contribution in [0.25, 0.3) is 0 Å². The first kappa shape index (κ1) is 17.7. The number of carbonyl (C=O) groups excluding carboxylic acids is 2. The molecule has 0 saturated carbocycles. The molecule has 1 saturated heterocycles. The van der Waals surface area contributed by atoms with Crippen LogP contribution in [0.1, 0.15) is 18.9 Å². The highest BCUT2D eigenvalue weighted by atomic mass is 35.5. The van der Waals surface area contributed by atoms with Crippen LogP contribution in [0.2, 0.25) is 5.02 Å². The van der Waals surface area contributed by atoms with Crippen molar-refractivity contribution in [3.05, 3.63) is 34.6 Å². The molecule has 0 bridgehead atoms. The highest BCUT2D eigenvalue weighted by Gasteiger charge is 2.33. The first-order valence-corrected chi connectivity index (χ1v) is 7.90. The predicted molar refractivity (Wildman–Crippen MR) is 86.2 cm³/mol. The fraction of sp³-hybridized carbons (Fsp3) is 0.500. The van der Waals surface area contributed by atoms with E-state index in [1.54, 1.807) is 20.0 Å². The average Bonchev–Trinajstić information content (AvgIpc) is 2.99. The molecule has 2 rings (SSSR count). The smallest absolute Gasteiger partial charge is 0.239 e. The molecule has 0 radical (unpaired) electrons. The molecule has 1 aliphatic rings. The molecule has 0 aromatic heterocycles. The van der Waals surface area contributed by atoms with Gasteiger partial charge in [0.25, 0.3) is 0 Å². The van der Waals surface area contributed by atoms with E-state index < -0.39 is 11.9 Å². The maximum Gasteiger partial charge on any atom is 0.239 e. The van der Waals surface area contributed by atoms with Crippen LogP contribution in [0.3, 0.4) is 0 Å². The van der Waals surface area contributed by atoms with Crippen molar-refractivity contribution in [3.8, 4) is 0 Å². The van der Waals surface area contributed by atoms with Gasteiger partial charge >= 0.3 is 0 Å². The summed E-state index contributed by atoms with van der Waals surface area (Å²) in [6.07, 6.45) is 0.663. The highest BCUT2D eigenvalue weighted by Crippen LogP contribution is 2.22. The van der Waals surface area contributed by atoms with E-state index >= 15 is 0 Å². The zero-order chi connectivity index (χ0) is 17.1. The lowest BCUT2D eigenvalue weighted by Gasteiger charge is -2.28. The van der Waals surface area contributed by atoms with E-state index in [1.807, 2.05) is 4.90 Å². The standard InChI is InChI=1S/C16H21ClFN3O2/c1-10(21-7-6-11(8-21)15(19)22)16(23)20(2)9-12-13(17)4-3-5-14(12)18/h3-5,10-11H,6-9H2,1-2H3,(H2,19,22)/t10-,11-/m0/s1. The topological polar surface area (TPSA) is 66.6 Å². The SMILES string of the molecule is C[C@@H](C(=O)N(C)Cc1c(F)cccc1Cl)N1CC[C@H](C(N)=O)C1. The molecular weight excluding hydrogens is 321 g/mol. The summed E-state index contributed by atoms with van der Waals surface area (Å²) in [7, 11) is 1.61. The Morgan fingerprint density at radius 2 is 2.22 bits per heavy atom. The minimum absolute atomic E-state index is 0.0990. The number of nitrogens with zero attached hydrogens (tertiary/aromatic N) is 2. The molecule has 2 atom stereocenters. The number of nitrogens with two attached hydrogens (primary N) is 1. The van der Waals surface area contributed by atoms with Crippen LogP contribution in [0.5, 0.6) is 0 Å². The predicted octanol–water partition coefficient (Wildman–Crippen LogP) is 1.63. The second-order valence-corrected chi connectivity index (χ2v) is 6.36. The van der Waals surface area contributed by atoms with Crippen LogP contribution >= 0.6 is 11.6 Å². The Balaban J connectivity index is 2.01. The van der Waals surface area contributed by atoms with Gasteiger partial charge in [-0.3, -0.25) is 14.5 Å². The number of likely N-dealkylation sites (tertiary alicyclic amines) is 1. The lowest BCUT2D eigenvalue weighted by Crippen LogP contribution is -2.45. The molecule has 1 fully saturated rings. The minimum Gasteiger partial charge on any atom is -0.369 e. The van der Waals surface area contributed by atoms with Crippen molar-refractivity contribution in [2.75, 3.05) is 20.1 Å². The van der Waals surface area contributed by atoms with E-state index in [9.17, 15) is 14.0 Å². The second kappa shape index (κ2) is 7.27. The number of likely N-dealkylation sites (N-methyl/N-ethyl adjacent to an activating group) is 1. The molecule has 7 heteroatoms. The maximum absolute atomic E-state index is 13.8. The Bertz CT molecular complexity index is 591. The number of rotatable bonds is 5. The molecule has 23 heavy (non-hydrogen) atoms. The fourth-order valence-electron chi connectivity index (χ4n) is 2.84. The van der Waals surface area contributed by atoms with Gasteiger partial charge in [0.05, 0.1) is 12.0 Å². The number of benzene rings is 1. The third-order valence-corrected chi connectivity index (χ3v) is 4.71. The number of primary amides is 1. The van der Waals surface area contributed by atoms with Crippen molar-refractivity contribution >= 4 is 23.4 Å². The summed E-state index contributed by atoms with van der Waals surface area (Å²) in [5.74, 6) is -1.12. The van der Waals surface area contributed by atoms with Gasteiger partial charge < -0.3 is 10.6 Å². The summed E-state index contributed by atoms with van der Waals surface area (Å²) < 4.78 is 13.8. The summed E-state index contributed by atoms with van der Waals surface area (Å²) in [6.45, 7) is 3.01. The first-order chi connectivity index (χ1) is 10.8. The van der Waals surface area contributed by atoms with Crippen LogP contribution < -0.4 is 5.73 Å². The van der Waals surface area contributed by atoms with Gasteiger partial charge in [-0.15, -0.1) is 0 Å². The van der Waals surface area contributed by atoms with E-state index in [4.69, 9.17) is 17.3 Å². The molecule has 0 aliphatic carbocycles. The quantitative estimate of drug-likeness (QED) is 0.885. The molecule has 1 aliphatic heterocycles. The molecule has 126 valence electrons. The van der Waals surface area contributed by atoms with Gasteiger partial charge in [0.15, 0.2) is 0 Å². The fourth-order valence-corrected chi connectivity index (χ4v) is 3.07. The molecule has 0 spiro atoms. The van der Waals surface area contributed by atoms with Crippen LogP contribution in [-0.4, -0.2) is 47.8 Å². The number of carbonyl (C=O) groups is 2. The number of amides is 2. The number of halogens is 2. The van der Waals surface area contributed by atoms with Crippen molar-refractivity contribution in [1.29, 1.82) is 0 Å². The highest BCUT2D eigenvalue weighted by molar-refractivity contribution is 6.31. The molecule has 0 unspecified atom stereocenters. The lowest BCUT2D eigenvalue weighted by atomic mass is 10.1. The van der Waals surface area contributed by atoms with Gasteiger partial charge in [-0.2, -0.15) is 0 Å². The van der Waals surface area contributed by atoms with Crippen molar-refractivity contribution in [1.82, 2.24) is 9.80 Å². The van der Waals surface area contributed by atoms with Crippen LogP contribution in [-0.2, 0) is 16.1 Å². The van der Waals surface area contributed by atoms with Gasteiger partial charge in [0, 0.05) is 30.7 Å². The molecular formula is C16H21ClFN3O2. The van der Waals surface area contributed by atoms with Crippen molar-refractivity contribution in [3.63, 3.8) is 0 Å². The first-order valence-electron chi connectivity index (χ1n) is 7.52. The summed E-state index contributed by atoms with van der Waals surface area (Å²) in [5.41, 5.74) is 5.61. The third-order valence-electron chi connectivity index (χ3n) is 4.36. The largest absolute Gasteiger partial charge is 0.369 e. The van der Waals surface area contributed by atoms with Gasteiger partial charge in [-0.25, -0.2) is 4.39 Å². The van der Waals surface area contributed by atoms with Crippen LogP contribution in [0.15, 0.2) is 18.2 Å². The molecule has 1 aromatic rings. The van der Waals surface area contributed by atoms with Gasteiger partial charge in [0.2, 0.25) is 11.8 Å². The van der Waals surface area contributed by atoms with Crippen molar-refractivity contribution in [2.45, 2.75) is 25.9 Å². The third kappa shape index (κ3) is 4.00. The van der Waals surface area contributed by atoms with Crippen LogP contribution in [0.4, 0.5) is 4.39 Å². The summed E-state index contributed by atoms with van der Waals surface area (Å²) >= 11 is 6.00. The van der Waals surface area contributed by atoms with Gasteiger partial charge in [0.1, 0.15) is 5.82 Å². The zero-order valence-corrected chi connectivity index (χ0v) is 14.0. The Kier molecular flexibility index (Phi) is 5.59. The Hall–Kier alpha value is -1.66. The van der Waals surface area contributed by atoms with E-state index in [0.717, 1.165) is 0 Å². The van der Waals surface area contributed by atoms with E-state index in [-0.39, 0.29) is 24.3 Å². The average molecular weight is 342 g/mol. The number of hydrogen-bond donors (Lipinski definition) is 1. The molecule has 5 nitrogen and oxygen atoms in total. The van der Waals surface area contributed by atoms with E-state index in [0.29, 0.717) is 30.1 Å². The van der Waals surface area contributed by atoms with Crippen LogP contribution in [0, 0.1) is 11.7 Å². The maximum atomic E-state index is 13.8. The lowest BCUT2D eigenvalue weighted by molar-refractivity contribution is -0.135. The van der Waals surface area contributed by atoms with Crippen molar-refractivity contribution < 1.29 is 14.0 Å². The van der Waals surface area contributed by atoms with Crippen molar-refractivity contribution in [2.24, 2.45) is 11.7 Å².